The number of hydrogen-bond donors (Lipinski definition) is 0. The highest BCUT2D eigenvalue weighted by Gasteiger charge is 2.19. The molecule has 0 rings (SSSR count). The van der Waals surface area contributed by atoms with E-state index in [9.17, 15) is 14.4 Å². The summed E-state index contributed by atoms with van der Waals surface area (Å²) in [4.78, 5) is 38.2. The van der Waals surface area contributed by atoms with E-state index < -0.39 is 6.10 Å². The zero-order valence-corrected chi connectivity index (χ0v) is 51.8. The van der Waals surface area contributed by atoms with E-state index in [4.69, 9.17) is 14.2 Å². The van der Waals surface area contributed by atoms with E-state index in [2.05, 4.69) is 167 Å². The molecule has 0 bridgehead atoms. The molecule has 452 valence electrons. The van der Waals surface area contributed by atoms with Crippen molar-refractivity contribution >= 4 is 17.9 Å². The monoisotopic (exact) mass is 1100 g/mol. The van der Waals surface area contributed by atoms with Gasteiger partial charge in [0, 0.05) is 19.3 Å². The largest absolute Gasteiger partial charge is 0.462 e. The molecule has 0 spiro atoms. The van der Waals surface area contributed by atoms with Crippen molar-refractivity contribution in [3.63, 3.8) is 0 Å². The Morgan fingerprint density at radius 2 is 0.512 bits per heavy atom. The van der Waals surface area contributed by atoms with Crippen LogP contribution in [0.25, 0.3) is 0 Å². The Hall–Kier alpha value is -4.71. The summed E-state index contributed by atoms with van der Waals surface area (Å²) in [7, 11) is 0. The molecule has 0 aliphatic rings. The molecule has 0 fully saturated rings. The summed E-state index contributed by atoms with van der Waals surface area (Å²) in [6, 6.07) is 0. The van der Waals surface area contributed by atoms with Gasteiger partial charge in [-0.05, 0) is 141 Å². The maximum absolute atomic E-state index is 12.9. The Bertz CT molecular complexity index is 1750. The summed E-state index contributed by atoms with van der Waals surface area (Å²) in [5, 5.41) is 0. The first kappa shape index (κ1) is 75.3. The molecule has 0 heterocycles. The second-order valence-corrected chi connectivity index (χ2v) is 21.3. The van der Waals surface area contributed by atoms with Gasteiger partial charge in [-0.15, -0.1) is 0 Å². The van der Waals surface area contributed by atoms with Crippen LogP contribution >= 0.6 is 0 Å². The van der Waals surface area contributed by atoms with Gasteiger partial charge in [-0.2, -0.15) is 0 Å². The van der Waals surface area contributed by atoms with E-state index in [0.29, 0.717) is 19.3 Å². The third-order valence-corrected chi connectivity index (χ3v) is 13.5. The minimum absolute atomic E-state index is 0.0990. The first-order chi connectivity index (χ1) is 39.5. The number of hydrogen-bond acceptors (Lipinski definition) is 6. The molecule has 0 amide bonds. The molecule has 80 heavy (non-hydrogen) atoms. The summed E-state index contributed by atoms with van der Waals surface area (Å²) in [5.41, 5.74) is 0. The summed E-state index contributed by atoms with van der Waals surface area (Å²) in [6.07, 6.45) is 95.8. The lowest BCUT2D eigenvalue weighted by Crippen LogP contribution is -2.30. The molecule has 0 radical (unpaired) electrons. The van der Waals surface area contributed by atoms with E-state index in [1.807, 2.05) is 0 Å². The molecule has 6 nitrogen and oxygen atoms in total. The highest BCUT2D eigenvalue weighted by molar-refractivity contribution is 5.71. The molecule has 0 saturated carbocycles. The van der Waals surface area contributed by atoms with Gasteiger partial charge in [0.05, 0.1) is 0 Å². The third kappa shape index (κ3) is 64.1. The lowest BCUT2D eigenvalue weighted by Gasteiger charge is -2.18. The molecule has 1 unspecified atom stereocenters. The van der Waals surface area contributed by atoms with Crippen LogP contribution in [0.3, 0.4) is 0 Å². The van der Waals surface area contributed by atoms with Crippen molar-refractivity contribution in [1.29, 1.82) is 0 Å². The van der Waals surface area contributed by atoms with Gasteiger partial charge < -0.3 is 14.2 Å². The summed E-state index contributed by atoms with van der Waals surface area (Å²) >= 11 is 0. The Labute approximate surface area is 493 Å². The smallest absolute Gasteiger partial charge is 0.306 e. The van der Waals surface area contributed by atoms with Crippen molar-refractivity contribution in [1.82, 2.24) is 0 Å². The van der Waals surface area contributed by atoms with E-state index in [1.165, 1.54) is 96.3 Å². The molecule has 1 atom stereocenters. The quantitative estimate of drug-likeness (QED) is 0.0261. The van der Waals surface area contributed by atoms with Gasteiger partial charge in [0.25, 0.3) is 0 Å². The van der Waals surface area contributed by atoms with E-state index >= 15 is 0 Å². The molecule has 0 aliphatic heterocycles. The number of allylic oxidation sites excluding steroid dienone is 24. The lowest BCUT2D eigenvalue weighted by molar-refractivity contribution is -0.167. The second-order valence-electron chi connectivity index (χ2n) is 21.3. The van der Waals surface area contributed by atoms with Gasteiger partial charge in [0.15, 0.2) is 6.10 Å². The van der Waals surface area contributed by atoms with E-state index in [1.54, 1.807) is 0 Å². The van der Waals surface area contributed by atoms with Crippen LogP contribution in [0.15, 0.2) is 146 Å². The van der Waals surface area contributed by atoms with Crippen molar-refractivity contribution in [2.24, 2.45) is 0 Å². The fourth-order valence-electron chi connectivity index (χ4n) is 8.64. The minimum atomic E-state index is -0.804. The Morgan fingerprint density at radius 1 is 0.263 bits per heavy atom. The molecule has 0 N–H and O–H groups in total. The van der Waals surface area contributed by atoms with Crippen LogP contribution in [0.5, 0.6) is 0 Å². The SMILES string of the molecule is CC/C=C\C/C=C\C/C=C\C/C=C\C/C=C\C/C=C\C/C=C\C/C=C\C/C=C\CCCCCC(=O)OCC(COC(=O)CCCCCCC/C=C\CCC)OC(=O)CCCCCCCCCCC/C=C\C/C=C\CCCCCCC. The number of ether oxygens (including phenoxy) is 3. The predicted octanol–water partition coefficient (Wildman–Crippen LogP) is 22.7. The Balaban J connectivity index is 4.35. The fourth-order valence-corrected chi connectivity index (χ4v) is 8.64. The predicted molar refractivity (Wildman–Crippen MR) is 348 cm³/mol. The fraction of sp³-hybridized carbons (Fsp3) is 0.635. The first-order valence-corrected chi connectivity index (χ1v) is 32.8. The van der Waals surface area contributed by atoms with Gasteiger partial charge in [-0.1, -0.05) is 269 Å². The number of unbranched alkanes of at least 4 members (excludes halogenated alkanes) is 23. The van der Waals surface area contributed by atoms with E-state index in [0.717, 1.165) is 148 Å². The van der Waals surface area contributed by atoms with Crippen LogP contribution in [0.2, 0.25) is 0 Å². The van der Waals surface area contributed by atoms with Crippen molar-refractivity contribution in [2.75, 3.05) is 13.2 Å². The molecule has 6 heteroatoms. The molecule has 0 saturated heterocycles. The maximum Gasteiger partial charge on any atom is 0.306 e. The highest BCUT2D eigenvalue weighted by atomic mass is 16.6. The number of carbonyl (C=O) groups excluding carboxylic acids is 3. The van der Waals surface area contributed by atoms with Crippen molar-refractivity contribution in [2.45, 2.75) is 290 Å². The lowest BCUT2D eigenvalue weighted by atomic mass is 10.1. The number of carbonyl (C=O) groups is 3. The van der Waals surface area contributed by atoms with Crippen LogP contribution in [0, 0.1) is 0 Å². The zero-order valence-electron chi connectivity index (χ0n) is 51.8. The third-order valence-electron chi connectivity index (χ3n) is 13.5. The highest BCUT2D eigenvalue weighted by Crippen LogP contribution is 2.15. The number of rotatable bonds is 58. The topological polar surface area (TPSA) is 78.9 Å². The molecular weight excluding hydrogens is 985 g/mol. The maximum atomic E-state index is 12.9. The van der Waals surface area contributed by atoms with Crippen LogP contribution < -0.4 is 0 Å². The molecule has 0 aliphatic carbocycles. The van der Waals surface area contributed by atoms with Gasteiger partial charge in [-0.25, -0.2) is 0 Å². The van der Waals surface area contributed by atoms with Crippen LogP contribution in [0.1, 0.15) is 284 Å². The van der Waals surface area contributed by atoms with E-state index in [-0.39, 0.29) is 31.1 Å². The van der Waals surface area contributed by atoms with Crippen molar-refractivity contribution in [3.05, 3.63) is 146 Å². The molecule has 0 aromatic carbocycles. The zero-order chi connectivity index (χ0) is 57.8. The number of esters is 3. The molecule has 0 aromatic rings. The average molecular weight is 1110 g/mol. The van der Waals surface area contributed by atoms with Crippen LogP contribution in [0.4, 0.5) is 0 Å². The van der Waals surface area contributed by atoms with Crippen LogP contribution in [-0.2, 0) is 28.6 Å². The summed E-state index contributed by atoms with van der Waals surface area (Å²) in [5.74, 6) is -0.948. The average Bonchev–Trinajstić information content (AvgIpc) is 3.46. The normalized spacial score (nSPS) is 13.1. The Morgan fingerprint density at radius 3 is 0.838 bits per heavy atom. The minimum Gasteiger partial charge on any atom is -0.462 e. The second kappa shape index (κ2) is 66.8. The summed E-state index contributed by atoms with van der Waals surface area (Å²) in [6.45, 7) is 6.42. The van der Waals surface area contributed by atoms with Gasteiger partial charge in [0.2, 0.25) is 0 Å². The van der Waals surface area contributed by atoms with Crippen LogP contribution in [-0.4, -0.2) is 37.2 Å². The van der Waals surface area contributed by atoms with Gasteiger partial charge in [-0.3, -0.25) is 14.4 Å². The molecule has 0 aromatic heterocycles. The standard InChI is InChI=1S/C74H120O6/c1-4-7-10-13-16-19-22-24-26-28-30-32-33-34-35-36-37-38-39-40-41-43-44-46-48-50-52-55-58-61-64-67-73(76)79-70-71(69-78-72(75)66-63-60-57-54-21-18-15-12-9-6-3)80-74(77)68-65-62-59-56-53-51-49-47-45-42-31-29-27-25-23-20-17-14-11-8-5-2/h7,10,12,15-16,19,23-26,29-32,34-35,37-38,40-41,44,46,50,52,71H,4-6,8-9,11,13-14,17-18,20-22,27-28,33,36,39,42-43,45,47-49,51,53-70H2,1-3H3/b10-7-,15-12-,19-16-,25-23-,26-24-,31-29-,32-30-,35-34-,38-37-,41-40-,46-44-,52-50-. The van der Waals surface area contributed by atoms with Crippen molar-refractivity contribution in [3.8, 4) is 0 Å². The molecular formula is C74H120O6. The first-order valence-electron chi connectivity index (χ1n) is 32.8. The van der Waals surface area contributed by atoms with Gasteiger partial charge in [0.1, 0.15) is 13.2 Å². The summed E-state index contributed by atoms with van der Waals surface area (Å²) < 4.78 is 16.9. The van der Waals surface area contributed by atoms with Crippen molar-refractivity contribution < 1.29 is 28.6 Å². The Kier molecular flexibility index (Phi) is 62.9. The van der Waals surface area contributed by atoms with Gasteiger partial charge >= 0.3 is 17.9 Å².